The summed E-state index contributed by atoms with van der Waals surface area (Å²) >= 11 is 5.35. The van der Waals surface area contributed by atoms with Gasteiger partial charge >= 0.3 is 0 Å². The van der Waals surface area contributed by atoms with Crippen LogP contribution in [0.3, 0.4) is 0 Å². The second kappa shape index (κ2) is 6.70. The van der Waals surface area contributed by atoms with Crippen LogP contribution in [0.4, 0.5) is 0 Å². The van der Waals surface area contributed by atoms with Crippen molar-refractivity contribution in [2.45, 2.75) is 38.2 Å². The Morgan fingerprint density at radius 2 is 1.83 bits per heavy atom. The maximum atomic E-state index is 5.60. The summed E-state index contributed by atoms with van der Waals surface area (Å²) in [6.45, 7) is 1.32. The molecule has 0 N–H and O–H groups in total. The lowest BCUT2D eigenvalue weighted by Gasteiger charge is -2.21. The summed E-state index contributed by atoms with van der Waals surface area (Å²) in [5.74, 6) is 0. The summed E-state index contributed by atoms with van der Waals surface area (Å²) in [6.07, 6.45) is 6.94. The highest BCUT2D eigenvalue weighted by Crippen LogP contribution is 2.19. The Kier molecular flexibility index (Phi) is 5.74. The number of rotatable bonds is 5. The standard InChI is InChI=1S/C9H17ClO2/c10-8-11-6-7-12-9-4-2-1-3-5-9/h9H,1-8H2. The van der Waals surface area contributed by atoms with E-state index >= 15 is 0 Å². The van der Waals surface area contributed by atoms with Gasteiger partial charge in [0, 0.05) is 0 Å². The molecular formula is C9H17ClO2. The van der Waals surface area contributed by atoms with Gasteiger partial charge < -0.3 is 9.47 Å². The van der Waals surface area contributed by atoms with E-state index < -0.39 is 0 Å². The summed E-state index contributed by atoms with van der Waals surface area (Å²) in [6, 6.07) is 0.272. The molecule has 0 bridgehead atoms. The first-order chi connectivity index (χ1) is 5.93. The smallest absolute Gasteiger partial charge is 0.120 e. The van der Waals surface area contributed by atoms with E-state index in [2.05, 4.69) is 0 Å². The van der Waals surface area contributed by atoms with Crippen molar-refractivity contribution < 1.29 is 9.47 Å². The molecule has 72 valence electrons. The molecule has 0 radical (unpaired) electrons. The molecular weight excluding hydrogens is 176 g/mol. The van der Waals surface area contributed by atoms with Gasteiger partial charge in [0.15, 0.2) is 0 Å². The van der Waals surface area contributed by atoms with E-state index in [4.69, 9.17) is 21.1 Å². The molecule has 2 nitrogen and oxygen atoms in total. The molecule has 0 aromatic carbocycles. The van der Waals surface area contributed by atoms with Crippen LogP contribution in [-0.4, -0.2) is 25.4 Å². The third-order valence-corrected chi connectivity index (χ3v) is 2.36. The average Bonchev–Trinajstić information content (AvgIpc) is 2.14. The summed E-state index contributed by atoms with van der Waals surface area (Å²) in [7, 11) is 0. The van der Waals surface area contributed by atoms with E-state index in [1.807, 2.05) is 0 Å². The van der Waals surface area contributed by atoms with Gasteiger partial charge in [-0.1, -0.05) is 30.9 Å². The van der Waals surface area contributed by atoms with Crippen LogP contribution < -0.4 is 0 Å². The molecule has 0 amide bonds. The molecule has 1 aliphatic carbocycles. The largest absolute Gasteiger partial charge is 0.376 e. The van der Waals surface area contributed by atoms with E-state index in [1.165, 1.54) is 32.1 Å². The van der Waals surface area contributed by atoms with Gasteiger partial charge in [-0.25, -0.2) is 0 Å². The number of hydrogen-bond donors (Lipinski definition) is 0. The third kappa shape index (κ3) is 4.29. The first-order valence-electron chi connectivity index (χ1n) is 4.69. The quantitative estimate of drug-likeness (QED) is 0.493. The Morgan fingerprint density at radius 3 is 2.50 bits per heavy atom. The molecule has 0 aliphatic heterocycles. The first kappa shape index (κ1) is 10.3. The minimum absolute atomic E-state index is 0.272. The van der Waals surface area contributed by atoms with Crippen molar-refractivity contribution in [3.63, 3.8) is 0 Å². The van der Waals surface area contributed by atoms with Gasteiger partial charge in [-0.05, 0) is 12.8 Å². The lowest BCUT2D eigenvalue weighted by Crippen LogP contribution is -2.18. The second-order valence-corrected chi connectivity index (χ2v) is 3.37. The van der Waals surface area contributed by atoms with Crippen LogP contribution in [0.15, 0.2) is 0 Å². The van der Waals surface area contributed by atoms with Crippen molar-refractivity contribution in [1.82, 2.24) is 0 Å². The maximum absolute atomic E-state index is 5.60. The molecule has 0 aromatic heterocycles. The number of halogens is 1. The molecule has 0 heterocycles. The molecule has 12 heavy (non-hydrogen) atoms. The van der Waals surface area contributed by atoms with Gasteiger partial charge in [0.1, 0.15) is 6.07 Å². The summed E-state index contributed by atoms with van der Waals surface area (Å²) in [4.78, 5) is 0. The normalized spacial score (nSPS) is 19.8. The van der Waals surface area contributed by atoms with Gasteiger partial charge in [-0.3, -0.25) is 0 Å². The third-order valence-electron chi connectivity index (χ3n) is 2.21. The molecule has 3 heteroatoms. The second-order valence-electron chi connectivity index (χ2n) is 3.15. The first-order valence-corrected chi connectivity index (χ1v) is 5.22. The number of ether oxygens (including phenoxy) is 2. The summed E-state index contributed by atoms with van der Waals surface area (Å²) < 4.78 is 10.6. The summed E-state index contributed by atoms with van der Waals surface area (Å²) in [5.41, 5.74) is 0. The Labute approximate surface area is 79.2 Å². The van der Waals surface area contributed by atoms with E-state index in [1.54, 1.807) is 0 Å². The molecule has 0 atom stereocenters. The highest BCUT2D eigenvalue weighted by Gasteiger charge is 2.12. The van der Waals surface area contributed by atoms with Gasteiger partial charge in [0.2, 0.25) is 0 Å². The van der Waals surface area contributed by atoms with E-state index in [0.717, 1.165) is 0 Å². The fraction of sp³-hybridized carbons (Fsp3) is 1.00. The predicted octanol–water partition coefficient (Wildman–Crippen LogP) is 2.55. The van der Waals surface area contributed by atoms with Crippen LogP contribution in [0.1, 0.15) is 32.1 Å². The Balaban J connectivity index is 1.91. The fourth-order valence-corrected chi connectivity index (χ4v) is 1.67. The average molecular weight is 193 g/mol. The zero-order chi connectivity index (χ0) is 8.65. The Morgan fingerprint density at radius 1 is 1.08 bits per heavy atom. The minimum atomic E-state index is 0.272. The monoisotopic (exact) mass is 192 g/mol. The van der Waals surface area contributed by atoms with Crippen molar-refractivity contribution in [2.75, 3.05) is 19.3 Å². The van der Waals surface area contributed by atoms with Crippen LogP contribution >= 0.6 is 11.6 Å². The Bertz CT molecular complexity index is 103. The molecule has 1 rings (SSSR count). The van der Waals surface area contributed by atoms with Crippen molar-refractivity contribution in [1.29, 1.82) is 0 Å². The van der Waals surface area contributed by atoms with Crippen LogP contribution in [0.5, 0.6) is 0 Å². The zero-order valence-electron chi connectivity index (χ0n) is 7.43. The predicted molar refractivity (Wildman–Crippen MR) is 49.5 cm³/mol. The molecule has 0 spiro atoms. The molecule has 0 unspecified atom stereocenters. The molecule has 0 aromatic rings. The highest BCUT2D eigenvalue weighted by atomic mass is 35.5. The Hall–Kier alpha value is 0.210. The number of hydrogen-bond acceptors (Lipinski definition) is 2. The van der Waals surface area contributed by atoms with Crippen molar-refractivity contribution in [2.24, 2.45) is 0 Å². The maximum Gasteiger partial charge on any atom is 0.120 e. The van der Waals surface area contributed by atoms with Gasteiger partial charge in [0.05, 0.1) is 19.3 Å². The van der Waals surface area contributed by atoms with Gasteiger partial charge in [-0.15, -0.1) is 0 Å². The van der Waals surface area contributed by atoms with Crippen LogP contribution in [0.25, 0.3) is 0 Å². The van der Waals surface area contributed by atoms with Crippen LogP contribution in [0.2, 0.25) is 0 Å². The number of alkyl halides is 1. The van der Waals surface area contributed by atoms with Crippen molar-refractivity contribution in [3.05, 3.63) is 0 Å². The summed E-state index contributed by atoms with van der Waals surface area (Å²) in [5, 5.41) is 0. The SMILES string of the molecule is ClCOCCOC1CCCCC1. The highest BCUT2D eigenvalue weighted by molar-refractivity contribution is 6.17. The molecule has 1 aliphatic rings. The van der Waals surface area contributed by atoms with Crippen LogP contribution in [0, 0.1) is 0 Å². The lowest BCUT2D eigenvalue weighted by molar-refractivity contribution is -0.00292. The van der Waals surface area contributed by atoms with Crippen LogP contribution in [-0.2, 0) is 9.47 Å². The van der Waals surface area contributed by atoms with Gasteiger partial charge in [-0.2, -0.15) is 0 Å². The van der Waals surface area contributed by atoms with Crippen molar-refractivity contribution >= 4 is 11.6 Å². The van der Waals surface area contributed by atoms with Crippen molar-refractivity contribution in [3.8, 4) is 0 Å². The van der Waals surface area contributed by atoms with E-state index in [9.17, 15) is 0 Å². The van der Waals surface area contributed by atoms with E-state index in [0.29, 0.717) is 19.3 Å². The topological polar surface area (TPSA) is 18.5 Å². The molecule has 1 saturated carbocycles. The molecule has 1 fully saturated rings. The van der Waals surface area contributed by atoms with Gasteiger partial charge in [0.25, 0.3) is 0 Å². The lowest BCUT2D eigenvalue weighted by atomic mass is 9.98. The molecule has 0 saturated heterocycles. The fourth-order valence-electron chi connectivity index (χ4n) is 1.56. The zero-order valence-corrected chi connectivity index (χ0v) is 8.18. The minimum Gasteiger partial charge on any atom is -0.376 e. The van der Waals surface area contributed by atoms with E-state index in [-0.39, 0.29) is 6.07 Å².